The van der Waals surface area contributed by atoms with E-state index in [0.29, 0.717) is 28.0 Å². The van der Waals surface area contributed by atoms with Gasteiger partial charge in [0.15, 0.2) is 6.61 Å². The van der Waals surface area contributed by atoms with E-state index in [0.717, 1.165) is 11.4 Å². The van der Waals surface area contributed by atoms with Crippen molar-refractivity contribution >= 4 is 41.5 Å². The summed E-state index contributed by atoms with van der Waals surface area (Å²) in [7, 11) is 0. The molecule has 3 N–H and O–H groups in total. The molecule has 0 saturated heterocycles. The molecule has 166 valence electrons. The minimum atomic E-state index is -1.08. The highest BCUT2D eigenvalue weighted by Gasteiger charge is 2.21. The van der Waals surface area contributed by atoms with Gasteiger partial charge in [-0.25, -0.2) is 14.8 Å². The third kappa shape index (κ3) is 6.32. The summed E-state index contributed by atoms with van der Waals surface area (Å²) >= 11 is 7.23. The number of hydrogen-bond acceptors (Lipinski definition) is 6. The fourth-order valence-electron chi connectivity index (χ4n) is 2.74. The lowest BCUT2D eigenvalue weighted by molar-refractivity contribution is -0.719. The smallest absolute Gasteiger partial charge is 0.341 e. The molecule has 0 atom stereocenters. The minimum Gasteiger partial charge on any atom is -0.481 e. The number of nitrogens with zero attached hydrogens (tertiary/aromatic N) is 3. The van der Waals surface area contributed by atoms with E-state index in [1.807, 2.05) is 23.6 Å². The maximum Gasteiger partial charge on any atom is 0.341 e. The molecule has 0 spiro atoms. The lowest BCUT2D eigenvalue weighted by Crippen LogP contribution is -2.36. The molecule has 32 heavy (non-hydrogen) atoms. The number of H-pyrrole nitrogens is 1. The Hall–Kier alpha value is -3.37. The largest absolute Gasteiger partial charge is 0.481 e. The van der Waals surface area contributed by atoms with E-state index in [4.69, 9.17) is 21.4 Å². The third-order valence-electron chi connectivity index (χ3n) is 4.19. The van der Waals surface area contributed by atoms with Crippen molar-refractivity contribution in [3.8, 4) is 17.1 Å². The number of carboxylic acid groups (broad SMARTS) is 1. The number of rotatable bonds is 10. The molecule has 0 saturated carbocycles. The number of carbonyl (C=O) groups excluding carboxylic acids is 1. The highest BCUT2D eigenvalue weighted by molar-refractivity contribution is 7.99. The maximum absolute atomic E-state index is 12.2. The average molecular weight is 475 g/mol. The van der Waals surface area contributed by atoms with E-state index in [1.54, 1.807) is 36.4 Å². The number of thioether (sulfide) groups is 1. The van der Waals surface area contributed by atoms with E-state index in [-0.39, 0.29) is 11.7 Å². The predicted molar refractivity (Wildman–Crippen MR) is 121 cm³/mol. The normalized spacial score (nSPS) is 10.9. The van der Waals surface area contributed by atoms with E-state index < -0.39 is 12.6 Å². The van der Waals surface area contributed by atoms with Crippen LogP contribution in [0.5, 0.6) is 5.75 Å². The number of halogens is 1. The Morgan fingerprint density at radius 3 is 2.75 bits per heavy atom. The molecule has 2 aromatic carbocycles. The van der Waals surface area contributed by atoms with E-state index in [2.05, 4.69) is 20.7 Å². The molecule has 1 amide bonds. The summed E-state index contributed by atoms with van der Waals surface area (Å²) in [6.45, 7) is 2.20. The minimum absolute atomic E-state index is 0.111. The number of carboxylic acids is 1. The van der Waals surface area contributed by atoms with Gasteiger partial charge in [0, 0.05) is 10.6 Å². The van der Waals surface area contributed by atoms with Crippen LogP contribution < -0.4 is 14.7 Å². The second-order valence-electron chi connectivity index (χ2n) is 6.41. The van der Waals surface area contributed by atoms with Crippen LogP contribution in [0, 0.1) is 0 Å². The number of benzene rings is 2. The summed E-state index contributed by atoms with van der Waals surface area (Å²) < 4.78 is 7.18. The van der Waals surface area contributed by atoms with Crippen LogP contribution in [0.2, 0.25) is 5.02 Å². The molecular weight excluding hydrogens is 454 g/mol. The molecule has 0 unspecified atom stereocenters. The summed E-state index contributed by atoms with van der Waals surface area (Å²) in [4.78, 5) is 22.9. The topological polar surface area (TPSA) is 121 Å². The lowest BCUT2D eigenvalue weighted by atomic mass is 10.2. The van der Waals surface area contributed by atoms with Crippen molar-refractivity contribution in [1.29, 1.82) is 0 Å². The molecule has 0 bridgehead atoms. The van der Waals surface area contributed by atoms with E-state index in [1.165, 1.54) is 18.0 Å². The Kier molecular flexibility index (Phi) is 8.23. The summed E-state index contributed by atoms with van der Waals surface area (Å²) in [6, 6.07) is 14.2. The van der Waals surface area contributed by atoms with E-state index >= 15 is 0 Å². The maximum atomic E-state index is 12.2. The Morgan fingerprint density at radius 2 is 2.03 bits per heavy atom. The molecule has 0 aliphatic carbocycles. The number of aromatic amines is 1. The first-order valence-electron chi connectivity index (χ1n) is 9.60. The summed E-state index contributed by atoms with van der Waals surface area (Å²) in [5, 5.41) is 21.3. The zero-order valence-corrected chi connectivity index (χ0v) is 18.7. The highest BCUT2D eigenvalue weighted by atomic mass is 35.5. The number of aromatic nitrogens is 3. The predicted octanol–water partition coefficient (Wildman–Crippen LogP) is 2.74. The SMILES string of the molecule is CC[n+]1c(SCC(=O)N/N=C\c2ccccc2OCC(=O)O)n[nH]c1-c1ccc(Cl)cc1. The van der Waals surface area contributed by atoms with Crippen molar-refractivity contribution in [3.05, 3.63) is 59.1 Å². The summed E-state index contributed by atoms with van der Waals surface area (Å²) in [6.07, 6.45) is 1.40. The fourth-order valence-corrected chi connectivity index (χ4v) is 3.68. The summed E-state index contributed by atoms with van der Waals surface area (Å²) in [5.74, 6) is -0.0993. The Bertz CT molecular complexity index is 1120. The van der Waals surface area contributed by atoms with Gasteiger partial charge in [-0.3, -0.25) is 4.79 Å². The quantitative estimate of drug-likeness (QED) is 0.180. The first-order valence-corrected chi connectivity index (χ1v) is 11.0. The number of para-hydroxylation sites is 1. The van der Waals surface area contributed by atoms with Crippen LogP contribution in [0.15, 0.2) is 58.8 Å². The van der Waals surface area contributed by atoms with Crippen LogP contribution in [0.3, 0.4) is 0 Å². The molecule has 0 aliphatic rings. The van der Waals surface area contributed by atoms with Crippen LogP contribution in [0.1, 0.15) is 12.5 Å². The van der Waals surface area contributed by atoms with Crippen LogP contribution >= 0.6 is 23.4 Å². The zero-order valence-electron chi connectivity index (χ0n) is 17.1. The van der Waals surface area contributed by atoms with Crippen molar-refractivity contribution < 1.29 is 24.0 Å². The average Bonchev–Trinajstić information content (AvgIpc) is 3.20. The van der Waals surface area contributed by atoms with Gasteiger partial charge in [0.1, 0.15) is 5.75 Å². The van der Waals surface area contributed by atoms with Crippen molar-refractivity contribution in [2.24, 2.45) is 5.10 Å². The number of ether oxygens (including phenoxy) is 1. The first kappa shape index (κ1) is 23.3. The van der Waals surface area contributed by atoms with Crippen molar-refractivity contribution in [2.45, 2.75) is 18.6 Å². The molecule has 9 nitrogen and oxygen atoms in total. The Morgan fingerprint density at radius 1 is 1.28 bits per heavy atom. The van der Waals surface area contributed by atoms with Gasteiger partial charge in [-0.1, -0.05) is 23.7 Å². The molecule has 11 heteroatoms. The van der Waals surface area contributed by atoms with Gasteiger partial charge in [-0.2, -0.15) is 5.10 Å². The second kappa shape index (κ2) is 11.3. The first-order chi connectivity index (χ1) is 15.5. The van der Waals surface area contributed by atoms with Gasteiger partial charge >= 0.3 is 11.1 Å². The number of carbonyl (C=O) groups is 2. The number of hydrogen-bond donors (Lipinski definition) is 3. The number of amides is 1. The van der Waals surface area contributed by atoms with Crippen molar-refractivity contribution in [2.75, 3.05) is 12.4 Å². The molecular formula is C21H21ClN5O4S+. The van der Waals surface area contributed by atoms with Crippen LogP contribution in [-0.4, -0.2) is 45.8 Å². The number of aliphatic carboxylic acids is 1. The molecule has 3 rings (SSSR count). The third-order valence-corrected chi connectivity index (χ3v) is 5.42. The molecule has 1 heterocycles. The van der Waals surface area contributed by atoms with E-state index in [9.17, 15) is 9.59 Å². The molecule has 3 aromatic rings. The molecule has 0 fully saturated rings. The fraction of sp³-hybridized carbons (Fsp3) is 0.190. The van der Waals surface area contributed by atoms with Crippen molar-refractivity contribution in [1.82, 2.24) is 15.6 Å². The monoisotopic (exact) mass is 474 g/mol. The zero-order chi connectivity index (χ0) is 22.9. The Balaban J connectivity index is 1.58. The van der Waals surface area contributed by atoms with Gasteiger partial charge in [0.2, 0.25) is 0 Å². The lowest BCUT2D eigenvalue weighted by Gasteiger charge is -2.06. The number of hydrazone groups is 1. The van der Waals surface area contributed by atoms with Gasteiger partial charge in [-0.05, 0) is 55.1 Å². The molecule has 0 radical (unpaired) electrons. The second-order valence-corrected chi connectivity index (χ2v) is 7.79. The highest BCUT2D eigenvalue weighted by Crippen LogP contribution is 2.20. The van der Waals surface area contributed by atoms with Crippen LogP contribution in [0.25, 0.3) is 11.4 Å². The molecule has 1 aromatic heterocycles. The van der Waals surface area contributed by atoms with Gasteiger partial charge in [-0.15, -0.1) is 5.10 Å². The van der Waals surface area contributed by atoms with Crippen molar-refractivity contribution in [3.63, 3.8) is 0 Å². The van der Waals surface area contributed by atoms with Crippen LogP contribution in [0.4, 0.5) is 0 Å². The van der Waals surface area contributed by atoms with Gasteiger partial charge in [0.05, 0.1) is 29.2 Å². The standard InChI is InChI=1S/C21H20ClN5O4S/c1-2-27-20(14-7-9-16(22)10-8-14)25-26-21(27)32-13-18(28)24-23-11-15-5-3-4-6-17(15)31-12-19(29)30/h3-11H,2,12-13H2,1H3,(H2,24,28,29,30)/p+1/b23-11-. The van der Waals surface area contributed by atoms with Gasteiger partial charge in [0.25, 0.3) is 11.7 Å². The van der Waals surface area contributed by atoms with Crippen LogP contribution in [-0.2, 0) is 16.1 Å². The molecule has 0 aliphatic heterocycles. The number of nitrogens with one attached hydrogen (secondary N) is 2. The summed E-state index contributed by atoms with van der Waals surface area (Å²) in [5.41, 5.74) is 3.94. The Labute approximate surface area is 193 Å². The van der Waals surface area contributed by atoms with Gasteiger partial charge < -0.3 is 9.84 Å².